The van der Waals surface area contributed by atoms with Crippen LogP contribution < -0.4 is 0 Å². The molecule has 0 aliphatic carbocycles. The van der Waals surface area contributed by atoms with Crippen molar-refractivity contribution in [3.8, 4) is 0 Å². The van der Waals surface area contributed by atoms with E-state index >= 15 is 0 Å². The summed E-state index contributed by atoms with van der Waals surface area (Å²) in [6, 6.07) is 5.17. The predicted molar refractivity (Wildman–Crippen MR) is 64.5 cm³/mol. The Kier molecular flexibility index (Phi) is 3.42. The lowest BCUT2D eigenvalue weighted by atomic mass is 10.3. The van der Waals surface area contributed by atoms with E-state index in [1.807, 2.05) is 0 Å². The van der Waals surface area contributed by atoms with Crippen molar-refractivity contribution in [2.45, 2.75) is 0 Å². The van der Waals surface area contributed by atoms with Gasteiger partial charge in [0.1, 0.15) is 6.54 Å². The number of carbonyl (C=O) groups excluding carboxylic acids is 2. The molecule has 1 aromatic heterocycles. The van der Waals surface area contributed by atoms with Crippen molar-refractivity contribution in [1.82, 2.24) is 9.88 Å². The number of amides is 2. The van der Waals surface area contributed by atoms with Crippen LogP contribution in [0.2, 0.25) is 0 Å². The lowest BCUT2D eigenvalue weighted by Gasteiger charge is -2.07. The maximum atomic E-state index is 11.8. The summed E-state index contributed by atoms with van der Waals surface area (Å²) in [5.74, 6) is -1.82. The Morgan fingerprint density at radius 2 is 2.22 bits per heavy atom. The smallest absolute Gasteiger partial charge is 0.323 e. The molecule has 7 heteroatoms. The second kappa shape index (κ2) is 5.01. The van der Waals surface area contributed by atoms with Crippen molar-refractivity contribution in [2.24, 2.45) is 0 Å². The SMILES string of the molecule is O=C(O)CN1C(=O)SC(=Cc2ccccn2)C1=O. The summed E-state index contributed by atoms with van der Waals surface area (Å²) in [6.07, 6.45) is 3.03. The number of pyridine rings is 1. The zero-order valence-corrected chi connectivity index (χ0v) is 9.88. The molecule has 2 amide bonds. The Labute approximate surface area is 106 Å². The van der Waals surface area contributed by atoms with Crippen LogP contribution in [0.1, 0.15) is 5.69 Å². The summed E-state index contributed by atoms with van der Waals surface area (Å²) in [7, 11) is 0. The van der Waals surface area contributed by atoms with E-state index in [-0.39, 0.29) is 4.91 Å². The second-order valence-corrected chi connectivity index (χ2v) is 4.41. The van der Waals surface area contributed by atoms with Crippen LogP contribution in [0.25, 0.3) is 6.08 Å². The lowest BCUT2D eigenvalue weighted by molar-refractivity contribution is -0.140. The first-order chi connectivity index (χ1) is 8.58. The topological polar surface area (TPSA) is 87.6 Å². The largest absolute Gasteiger partial charge is 0.480 e. The molecule has 0 spiro atoms. The maximum absolute atomic E-state index is 11.8. The zero-order valence-electron chi connectivity index (χ0n) is 9.07. The van der Waals surface area contributed by atoms with Crippen molar-refractivity contribution in [1.29, 1.82) is 0 Å². The average molecular weight is 264 g/mol. The van der Waals surface area contributed by atoms with E-state index in [9.17, 15) is 14.4 Å². The number of nitrogens with zero attached hydrogens (tertiary/aromatic N) is 2. The van der Waals surface area contributed by atoms with Gasteiger partial charge in [-0.3, -0.25) is 24.3 Å². The zero-order chi connectivity index (χ0) is 13.1. The third-order valence-electron chi connectivity index (χ3n) is 2.13. The van der Waals surface area contributed by atoms with Crippen LogP contribution in [0.15, 0.2) is 29.3 Å². The number of carboxylic acids is 1. The molecule has 6 nitrogen and oxygen atoms in total. The molecule has 18 heavy (non-hydrogen) atoms. The molecular formula is C11H8N2O4S. The monoisotopic (exact) mass is 264 g/mol. The van der Waals surface area contributed by atoms with E-state index in [0.717, 1.165) is 0 Å². The third kappa shape index (κ3) is 2.57. The number of aromatic nitrogens is 1. The molecule has 0 radical (unpaired) electrons. The summed E-state index contributed by atoms with van der Waals surface area (Å²) in [5, 5.41) is 8.02. The number of rotatable bonds is 3. The molecule has 92 valence electrons. The normalized spacial score (nSPS) is 17.6. The van der Waals surface area contributed by atoms with Crippen molar-refractivity contribution in [2.75, 3.05) is 6.54 Å². The number of carbonyl (C=O) groups is 3. The number of thioether (sulfide) groups is 1. The molecule has 1 saturated heterocycles. The maximum Gasteiger partial charge on any atom is 0.323 e. The fourth-order valence-corrected chi connectivity index (χ4v) is 2.19. The summed E-state index contributed by atoms with van der Waals surface area (Å²) in [4.78, 5) is 38.6. The van der Waals surface area contributed by atoms with Crippen LogP contribution in [0.5, 0.6) is 0 Å². The number of hydrogen-bond donors (Lipinski definition) is 1. The minimum absolute atomic E-state index is 0.181. The van der Waals surface area contributed by atoms with Gasteiger partial charge in [-0.05, 0) is 30.0 Å². The van der Waals surface area contributed by atoms with Crippen molar-refractivity contribution < 1.29 is 19.5 Å². The Morgan fingerprint density at radius 1 is 1.44 bits per heavy atom. The number of hydrogen-bond acceptors (Lipinski definition) is 5. The molecule has 0 atom stereocenters. The first-order valence-corrected chi connectivity index (χ1v) is 5.78. The molecule has 0 saturated carbocycles. The van der Waals surface area contributed by atoms with Crippen LogP contribution in [0.4, 0.5) is 4.79 Å². The summed E-state index contributed by atoms with van der Waals surface area (Å²) in [5.41, 5.74) is 0.540. The van der Waals surface area contributed by atoms with Gasteiger partial charge in [0.2, 0.25) is 0 Å². The number of imide groups is 1. The van der Waals surface area contributed by atoms with Gasteiger partial charge in [-0.2, -0.15) is 0 Å². The molecule has 2 heterocycles. The van der Waals surface area contributed by atoms with Gasteiger partial charge in [0.15, 0.2) is 0 Å². The fourth-order valence-electron chi connectivity index (χ4n) is 1.37. The molecule has 0 aromatic carbocycles. The minimum Gasteiger partial charge on any atom is -0.480 e. The van der Waals surface area contributed by atoms with E-state index < -0.39 is 23.7 Å². The second-order valence-electron chi connectivity index (χ2n) is 3.42. The van der Waals surface area contributed by atoms with Gasteiger partial charge >= 0.3 is 5.97 Å². The fraction of sp³-hybridized carbons (Fsp3) is 0.0909. The summed E-state index contributed by atoms with van der Waals surface area (Å²) < 4.78 is 0. The predicted octanol–water partition coefficient (Wildman–Crippen LogP) is 1.20. The van der Waals surface area contributed by atoms with Crippen LogP contribution in [0, 0.1) is 0 Å². The van der Waals surface area contributed by atoms with E-state index in [2.05, 4.69) is 4.98 Å². The van der Waals surface area contributed by atoms with Crippen molar-refractivity contribution in [3.63, 3.8) is 0 Å². The first kappa shape index (κ1) is 12.3. The molecule has 1 fully saturated rings. The summed E-state index contributed by atoms with van der Waals surface area (Å²) >= 11 is 0.714. The Bertz CT molecular complexity index is 541. The molecule has 1 aliphatic heterocycles. The highest BCUT2D eigenvalue weighted by atomic mass is 32.2. The van der Waals surface area contributed by atoms with Gasteiger partial charge in [-0.15, -0.1) is 0 Å². The lowest BCUT2D eigenvalue weighted by Crippen LogP contribution is -2.33. The minimum atomic E-state index is -1.23. The summed E-state index contributed by atoms with van der Waals surface area (Å²) in [6.45, 7) is -0.621. The van der Waals surface area contributed by atoms with Gasteiger partial charge in [-0.25, -0.2) is 0 Å². The molecule has 0 unspecified atom stereocenters. The average Bonchev–Trinajstić information content (AvgIpc) is 2.58. The number of aliphatic carboxylic acids is 1. The van der Waals surface area contributed by atoms with Crippen molar-refractivity contribution in [3.05, 3.63) is 35.0 Å². The van der Waals surface area contributed by atoms with Crippen LogP contribution in [-0.2, 0) is 9.59 Å². The Balaban J connectivity index is 2.23. The van der Waals surface area contributed by atoms with Gasteiger partial charge < -0.3 is 5.11 Å². The molecule has 1 aliphatic rings. The Morgan fingerprint density at radius 3 is 2.83 bits per heavy atom. The molecule has 1 aromatic rings. The highest BCUT2D eigenvalue weighted by Crippen LogP contribution is 2.31. The van der Waals surface area contributed by atoms with Crippen molar-refractivity contribution >= 4 is 35.0 Å². The molecule has 1 N–H and O–H groups in total. The van der Waals surface area contributed by atoms with Gasteiger partial charge in [0.05, 0.1) is 10.6 Å². The molecular weight excluding hydrogens is 256 g/mol. The molecule has 2 rings (SSSR count). The van der Waals surface area contributed by atoms with E-state index in [4.69, 9.17) is 5.11 Å². The van der Waals surface area contributed by atoms with E-state index in [0.29, 0.717) is 22.4 Å². The van der Waals surface area contributed by atoms with Crippen LogP contribution in [0.3, 0.4) is 0 Å². The highest BCUT2D eigenvalue weighted by Gasteiger charge is 2.36. The van der Waals surface area contributed by atoms with E-state index in [1.54, 1.807) is 24.4 Å². The van der Waals surface area contributed by atoms with Gasteiger partial charge in [-0.1, -0.05) is 6.07 Å². The van der Waals surface area contributed by atoms with E-state index in [1.165, 1.54) is 6.08 Å². The first-order valence-electron chi connectivity index (χ1n) is 4.96. The quantitative estimate of drug-likeness (QED) is 0.825. The van der Waals surface area contributed by atoms with Gasteiger partial charge in [0.25, 0.3) is 11.1 Å². The standard InChI is InChI=1S/C11H8N2O4S/c14-9(15)6-13-10(16)8(18-11(13)17)5-7-3-1-2-4-12-7/h1-5H,6H2,(H,14,15). The van der Waals surface area contributed by atoms with Crippen LogP contribution in [-0.4, -0.2) is 38.7 Å². The highest BCUT2D eigenvalue weighted by molar-refractivity contribution is 8.18. The van der Waals surface area contributed by atoms with Crippen LogP contribution >= 0.6 is 11.8 Å². The molecule has 0 bridgehead atoms. The number of carboxylic acid groups (broad SMARTS) is 1. The third-order valence-corrected chi connectivity index (χ3v) is 3.04. The van der Waals surface area contributed by atoms with Gasteiger partial charge in [0, 0.05) is 6.20 Å². The Hall–Kier alpha value is -2.15.